The van der Waals surface area contributed by atoms with Crippen molar-refractivity contribution < 1.29 is 9.32 Å². The summed E-state index contributed by atoms with van der Waals surface area (Å²) < 4.78 is 5.57. The van der Waals surface area contributed by atoms with Gasteiger partial charge in [-0.3, -0.25) is 9.78 Å². The highest BCUT2D eigenvalue weighted by Gasteiger charge is 2.30. The molecule has 1 saturated heterocycles. The minimum Gasteiger partial charge on any atom is -0.337 e. The molecular formula is C22H24N4O2. The molecule has 6 heteroatoms. The summed E-state index contributed by atoms with van der Waals surface area (Å²) in [6.07, 6.45) is 8.69. The summed E-state index contributed by atoms with van der Waals surface area (Å²) >= 11 is 0. The number of aryl methyl sites for hydroxylation is 1. The van der Waals surface area contributed by atoms with Crippen molar-refractivity contribution in [1.29, 1.82) is 0 Å². The maximum absolute atomic E-state index is 13.0. The number of carbonyl (C=O) groups is 1. The maximum atomic E-state index is 13.0. The van der Waals surface area contributed by atoms with E-state index in [1.807, 2.05) is 35.2 Å². The number of amides is 1. The lowest BCUT2D eigenvalue weighted by Crippen LogP contribution is -2.35. The lowest BCUT2D eigenvalue weighted by Gasteiger charge is -2.27. The first kappa shape index (κ1) is 18.3. The Hall–Kier alpha value is -3.02. The first-order valence-electron chi connectivity index (χ1n) is 9.88. The van der Waals surface area contributed by atoms with Gasteiger partial charge in [0.05, 0.1) is 0 Å². The summed E-state index contributed by atoms with van der Waals surface area (Å²) in [6, 6.07) is 13.7. The molecule has 3 aromatic rings. The molecule has 2 aromatic heterocycles. The van der Waals surface area contributed by atoms with Crippen molar-refractivity contribution in [1.82, 2.24) is 20.0 Å². The van der Waals surface area contributed by atoms with Crippen LogP contribution in [0.3, 0.4) is 0 Å². The van der Waals surface area contributed by atoms with E-state index < -0.39 is 0 Å². The molecule has 0 spiro atoms. The lowest BCUT2D eigenvalue weighted by atomic mass is 10.1. The molecule has 0 aliphatic carbocycles. The van der Waals surface area contributed by atoms with Gasteiger partial charge in [0, 0.05) is 30.9 Å². The Morgan fingerprint density at radius 2 is 2.00 bits per heavy atom. The van der Waals surface area contributed by atoms with E-state index in [-0.39, 0.29) is 11.9 Å². The Morgan fingerprint density at radius 1 is 1.11 bits per heavy atom. The van der Waals surface area contributed by atoms with E-state index in [1.54, 1.807) is 12.4 Å². The molecule has 3 heterocycles. The zero-order valence-electron chi connectivity index (χ0n) is 15.8. The second-order valence-corrected chi connectivity index (χ2v) is 7.14. The molecule has 6 nitrogen and oxygen atoms in total. The smallest absolute Gasteiger partial charge is 0.249 e. The van der Waals surface area contributed by atoms with Crippen LogP contribution in [0.5, 0.6) is 0 Å². The number of rotatable bonds is 5. The zero-order chi connectivity index (χ0) is 19.2. The summed E-state index contributed by atoms with van der Waals surface area (Å²) in [5.41, 5.74) is 1.99. The van der Waals surface area contributed by atoms with Crippen LogP contribution >= 0.6 is 0 Å². The van der Waals surface area contributed by atoms with Gasteiger partial charge in [-0.15, -0.1) is 0 Å². The van der Waals surface area contributed by atoms with Crippen molar-refractivity contribution in [3.63, 3.8) is 0 Å². The van der Waals surface area contributed by atoms with Crippen LogP contribution in [0.15, 0.2) is 59.4 Å². The molecule has 28 heavy (non-hydrogen) atoms. The Kier molecular flexibility index (Phi) is 5.75. The summed E-state index contributed by atoms with van der Waals surface area (Å²) in [5.74, 6) is 1.19. The van der Waals surface area contributed by atoms with Gasteiger partial charge < -0.3 is 9.42 Å². The molecule has 0 N–H and O–H groups in total. The first-order chi connectivity index (χ1) is 13.8. The van der Waals surface area contributed by atoms with Gasteiger partial charge in [0.2, 0.25) is 17.6 Å². The molecule has 1 aromatic carbocycles. The van der Waals surface area contributed by atoms with Crippen LogP contribution < -0.4 is 0 Å². The van der Waals surface area contributed by atoms with E-state index in [9.17, 15) is 4.79 Å². The van der Waals surface area contributed by atoms with Crippen molar-refractivity contribution in [3.05, 3.63) is 66.3 Å². The second-order valence-electron chi connectivity index (χ2n) is 7.14. The average Bonchev–Trinajstić information content (AvgIpc) is 3.11. The fourth-order valence-corrected chi connectivity index (χ4v) is 3.69. The van der Waals surface area contributed by atoms with Crippen molar-refractivity contribution in [2.24, 2.45) is 0 Å². The number of carbonyl (C=O) groups excluding carboxylic acids is 1. The first-order valence-corrected chi connectivity index (χ1v) is 9.88. The number of hydrogen-bond acceptors (Lipinski definition) is 5. The Balaban J connectivity index is 1.50. The topological polar surface area (TPSA) is 72.1 Å². The molecule has 1 fully saturated rings. The Bertz CT molecular complexity index is 895. The molecule has 1 amide bonds. The summed E-state index contributed by atoms with van der Waals surface area (Å²) in [6.45, 7) is 0.739. The van der Waals surface area contributed by atoms with Gasteiger partial charge in [0.25, 0.3) is 0 Å². The zero-order valence-corrected chi connectivity index (χ0v) is 15.8. The number of aromatic nitrogens is 3. The third kappa shape index (κ3) is 4.27. The van der Waals surface area contributed by atoms with E-state index in [4.69, 9.17) is 4.52 Å². The van der Waals surface area contributed by atoms with E-state index in [1.165, 1.54) is 5.56 Å². The predicted molar refractivity (Wildman–Crippen MR) is 105 cm³/mol. The van der Waals surface area contributed by atoms with Crippen LogP contribution in [0.25, 0.3) is 11.4 Å². The van der Waals surface area contributed by atoms with Crippen molar-refractivity contribution in [3.8, 4) is 11.4 Å². The fraction of sp³-hybridized carbons (Fsp3) is 0.364. The van der Waals surface area contributed by atoms with Crippen LogP contribution in [-0.4, -0.2) is 32.5 Å². The van der Waals surface area contributed by atoms with Gasteiger partial charge in [-0.25, -0.2) is 0 Å². The molecule has 4 rings (SSSR count). The molecule has 1 unspecified atom stereocenters. The van der Waals surface area contributed by atoms with Gasteiger partial charge in [0.15, 0.2) is 0 Å². The maximum Gasteiger partial charge on any atom is 0.249 e. The van der Waals surface area contributed by atoms with Crippen LogP contribution in [0, 0.1) is 0 Å². The average molecular weight is 376 g/mol. The number of pyridine rings is 1. The SMILES string of the molecule is O=C(CCc1ccccc1)N1CCCCCC1c1nc(-c2cccnc2)no1. The second kappa shape index (κ2) is 8.78. The van der Waals surface area contributed by atoms with Crippen molar-refractivity contribution >= 4 is 5.91 Å². The lowest BCUT2D eigenvalue weighted by molar-refractivity contribution is -0.134. The summed E-state index contributed by atoms with van der Waals surface area (Å²) in [4.78, 5) is 23.6. The van der Waals surface area contributed by atoms with Gasteiger partial charge in [0.1, 0.15) is 6.04 Å². The molecule has 1 aliphatic heterocycles. The predicted octanol–water partition coefficient (Wildman–Crippen LogP) is 4.21. The van der Waals surface area contributed by atoms with E-state index in [0.717, 1.165) is 44.2 Å². The monoisotopic (exact) mass is 376 g/mol. The fourth-order valence-electron chi connectivity index (χ4n) is 3.69. The minimum absolute atomic E-state index is 0.149. The molecule has 0 saturated carbocycles. The van der Waals surface area contributed by atoms with Crippen molar-refractivity contribution in [2.45, 2.75) is 44.6 Å². The highest BCUT2D eigenvalue weighted by Crippen LogP contribution is 2.31. The highest BCUT2D eigenvalue weighted by atomic mass is 16.5. The molecule has 1 aliphatic rings. The normalized spacial score (nSPS) is 17.3. The number of nitrogens with zero attached hydrogens (tertiary/aromatic N) is 4. The van der Waals surface area contributed by atoms with Crippen LogP contribution in [-0.2, 0) is 11.2 Å². The summed E-state index contributed by atoms with van der Waals surface area (Å²) in [7, 11) is 0. The quantitative estimate of drug-likeness (QED) is 0.667. The Morgan fingerprint density at radius 3 is 2.82 bits per heavy atom. The standard InChI is InChI=1S/C22H24N4O2/c27-20(13-12-17-8-3-1-4-9-17)26-15-6-2-5-11-19(26)22-24-21(25-28-22)18-10-7-14-23-16-18/h1,3-4,7-10,14,16,19H,2,5-6,11-13,15H2. The van der Waals surface area contributed by atoms with Crippen LogP contribution in [0.1, 0.15) is 49.6 Å². The van der Waals surface area contributed by atoms with E-state index in [0.29, 0.717) is 18.1 Å². The van der Waals surface area contributed by atoms with E-state index in [2.05, 4.69) is 27.3 Å². The highest BCUT2D eigenvalue weighted by molar-refractivity contribution is 5.77. The summed E-state index contributed by atoms with van der Waals surface area (Å²) in [5, 5.41) is 4.12. The third-order valence-corrected chi connectivity index (χ3v) is 5.19. The largest absolute Gasteiger partial charge is 0.337 e. The van der Waals surface area contributed by atoms with Crippen LogP contribution in [0.4, 0.5) is 0 Å². The van der Waals surface area contributed by atoms with E-state index >= 15 is 0 Å². The molecule has 0 radical (unpaired) electrons. The van der Waals surface area contributed by atoms with Gasteiger partial charge in [-0.2, -0.15) is 4.98 Å². The number of benzene rings is 1. The van der Waals surface area contributed by atoms with Gasteiger partial charge >= 0.3 is 0 Å². The number of likely N-dealkylation sites (tertiary alicyclic amines) is 1. The third-order valence-electron chi connectivity index (χ3n) is 5.19. The van der Waals surface area contributed by atoms with Gasteiger partial charge in [-0.05, 0) is 37.0 Å². The molecule has 0 bridgehead atoms. The van der Waals surface area contributed by atoms with Crippen molar-refractivity contribution in [2.75, 3.05) is 6.54 Å². The molecule has 144 valence electrons. The van der Waals surface area contributed by atoms with Crippen LogP contribution in [0.2, 0.25) is 0 Å². The molecular weight excluding hydrogens is 352 g/mol. The number of hydrogen-bond donors (Lipinski definition) is 0. The molecule has 1 atom stereocenters. The van der Waals surface area contributed by atoms with Gasteiger partial charge in [-0.1, -0.05) is 48.3 Å². The Labute approximate surface area is 164 Å². The minimum atomic E-state index is -0.149.